The molecule has 6 heterocycles. The van der Waals surface area contributed by atoms with E-state index in [1.807, 2.05) is 198 Å². The molecule has 2 aliphatic heterocycles. The van der Waals surface area contributed by atoms with Crippen molar-refractivity contribution >= 4 is 125 Å². The van der Waals surface area contributed by atoms with E-state index in [2.05, 4.69) is 52.3 Å². The highest BCUT2D eigenvalue weighted by Gasteiger charge is 2.53. The summed E-state index contributed by atoms with van der Waals surface area (Å²) in [7, 11) is 10.9. The molecule has 0 spiro atoms. The number of halogens is 2. The predicted molar refractivity (Wildman–Crippen MR) is 420 cm³/mol. The molecule has 2 aliphatic rings. The van der Waals surface area contributed by atoms with Crippen LogP contribution in [0.1, 0.15) is 119 Å². The molecule has 2 saturated heterocycles. The predicted octanol–water partition coefficient (Wildman–Crippen LogP) is 13.6. The average molecular weight is 1600 g/mol. The fourth-order valence-corrected chi connectivity index (χ4v) is 13.1. The molecule has 560 valence electrons. The number of hydrogen-bond donors (Lipinski definition) is 0. The third-order valence-corrected chi connectivity index (χ3v) is 20.3. The van der Waals surface area contributed by atoms with E-state index in [4.69, 9.17) is 56.5 Å². The number of carbonyl (C=O) groups excluding carboxylic acids is 4. The first kappa shape index (κ1) is 78.7. The van der Waals surface area contributed by atoms with Crippen LogP contribution in [0.15, 0.2) is 179 Å². The summed E-state index contributed by atoms with van der Waals surface area (Å²) in [5.74, 6) is 1.55. The van der Waals surface area contributed by atoms with Gasteiger partial charge in [0.05, 0.1) is 151 Å². The Bertz CT molecular complexity index is 5170. The number of methoxy groups -OCH3 is 8. The topological polar surface area (TPSA) is 250 Å². The standard InChI is InChI=1S/2C23H27BN2O5.2C17H15BrN2O3/c1-22(2)23(3,4)31-24(30-22)17-11-16-13-25-26(20(16)19(12-17)21(27)29-6)14-15-7-9-18(28-5)10-8-15;1-22(2)23(3,4)31-24(30-22)17-11-16-14-26(13-15-7-9-18(28-5)10-8-15)25-20(16)19(12-17)21(27)29-6;1-22-14-5-3-11(4-6-14)10-20-16-12(9-19-20)7-13(18)8-15(16)17(21)23-2;1-22-14-5-3-11(4-6-14)9-20-10-12-7-13(18)8-15(16(12)19-20)17(21)23-2/h7-13H,14H2,1-6H3;7-12,14H,13H2,1-6H3;3-9H,10H2,1-2H3;3-8,10H,9H2,1-2H3. The van der Waals surface area contributed by atoms with Crippen molar-refractivity contribution in [1.29, 1.82) is 0 Å². The van der Waals surface area contributed by atoms with Gasteiger partial charge in [0.1, 0.15) is 34.0 Å². The maximum absolute atomic E-state index is 12.7. The van der Waals surface area contributed by atoms with Crippen molar-refractivity contribution in [2.45, 2.75) is 104 Å². The molecule has 2 fully saturated rings. The molecular weight excluding hydrogens is 1510 g/mol. The van der Waals surface area contributed by atoms with Gasteiger partial charge in [0.15, 0.2) is 0 Å². The lowest BCUT2D eigenvalue weighted by atomic mass is 9.77. The highest BCUT2D eigenvalue weighted by Crippen LogP contribution is 2.39. The molecule has 0 unspecified atom stereocenters. The number of carbonyl (C=O) groups is 4. The van der Waals surface area contributed by atoms with Crippen molar-refractivity contribution in [3.8, 4) is 23.0 Å². The van der Waals surface area contributed by atoms with Gasteiger partial charge in [-0.15, -0.1) is 0 Å². The maximum atomic E-state index is 12.7. The van der Waals surface area contributed by atoms with Crippen molar-refractivity contribution in [1.82, 2.24) is 39.1 Å². The molecule has 0 atom stereocenters. The highest BCUT2D eigenvalue weighted by atomic mass is 79.9. The lowest BCUT2D eigenvalue weighted by Gasteiger charge is -2.32. The molecule has 0 aliphatic carbocycles. The van der Waals surface area contributed by atoms with Crippen LogP contribution in [-0.2, 0) is 63.7 Å². The molecule has 4 aromatic heterocycles. The average Bonchev–Trinajstić information content (AvgIpc) is 1.60. The monoisotopic (exact) mass is 1590 g/mol. The van der Waals surface area contributed by atoms with E-state index in [0.29, 0.717) is 65.0 Å². The second kappa shape index (κ2) is 33.0. The van der Waals surface area contributed by atoms with E-state index < -0.39 is 54.5 Å². The fraction of sp³-hybridized carbons (Fsp3) is 0.300. The summed E-state index contributed by atoms with van der Waals surface area (Å²) in [6, 6.07) is 45.9. The van der Waals surface area contributed by atoms with Crippen molar-refractivity contribution in [3.63, 3.8) is 0 Å². The Morgan fingerprint density at radius 2 is 0.648 bits per heavy atom. The molecular formula is C80H84B2Br2N8O16. The van der Waals surface area contributed by atoms with Gasteiger partial charge in [-0.3, -0.25) is 18.7 Å². The first-order valence-electron chi connectivity index (χ1n) is 34.4. The molecule has 12 aromatic rings. The summed E-state index contributed by atoms with van der Waals surface area (Å²) in [4.78, 5) is 49.2. The van der Waals surface area contributed by atoms with Gasteiger partial charge in [-0.2, -0.15) is 20.4 Å². The molecule has 14 rings (SSSR count). The molecule has 108 heavy (non-hydrogen) atoms. The van der Waals surface area contributed by atoms with E-state index >= 15 is 0 Å². The molecule has 28 heteroatoms. The van der Waals surface area contributed by atoms with Crippen LogP contribution in [-0.4, -0.2) is 157 Å². The summed E-state index contributed by atoms with van der Waals surface area (Å²) in [5.41, 5.74) is 8.32. The van der Waals surface area contributed by atoms with Gasteiger partial charge in [0, 0.05) is 42.9 Å². The smallest absolute Gasteiger partial charge is 0.494 e. The largest absolute Gasteiger partial charge is 0.497 e. The molecule has 0 bridgehead atoms. The van der Waals surface area contributed by atoms with Crippen LogP contribution >= 0.6 is 31.9 Å². The quantitative estimate of drug-likeness (QED) is 0.0440. The highest BCUT2D eigenvalue weighted by molar-refractivity contribution is 9.10. The van der Waals surface area contributed by atoms with Gasteiger partial charge >= 0.3 is 38.1 Å². The fourth-order valence-electron chi connectivity index (χ4n) is 12.1. The minimum absolute atomic E-state index is 0.382. The van der Waals surface area contributed by atoms with Crippen molar-refractivity contribution in [3.05, 3.63) is 224 Å². The van der Waals surface area contributed by atoms with Crippen molar-refractivity contribution in [2.24, 2.45) is 0 Å². The molecule has 8 aromatic carbocycles. The number of rotatable bonds is 18. The summed E-state index contributed by atoms with van der Waals surface area (Å²) in [6.45, 7) is 18.2. The summed E-state index contributed by atoms with van der Waals surface area (Å²) in [6.07, 6.45) is 7.33. The molecule has 0 radical (unpaired) electrons. The van der Waals surface area contributed by atoms with Crippen LogP contribution in [0.4, 0.5) is 0 Å². The van der Waals surface area contributed by atoms with Crippen LogP contribution < -0.4 is 29.9 Å². The Labute approximate surface area is 643 Å². The van der Waals surface area contributed by atoms with Gasteiger partial charge < -0.3 is 56.5 Å². The maximum Gasteiger partial charge on any atom is 0.494 e. The van der Waals surface area contributed by atoms with Crippen molar-refractivity contribution < 1.29 is 75.7 Å². The van der Waals surface area contributed by atoms with Gasteiger partial charge in [-0.05, 0) is 173 Å². The summed E-state index contributed by atoms with van der Waals surface area (Å²) in [5, 5.41) is 21.5. The van der Waals surface area contributed by atoms with Crippen LogP contribution in [0, 0.1) is 0 Å². The molecule has 0 amide bonds. The number of benzene rings is 8. The van der Waals surface area contributed by atoms with Crippen LogP contribution in [0.3, 0.4) is 0 Å². The molecule has 0 saturated carbocycles. The van der Waals surface area contributed by atoms with Gasteiger partial charge in [-0.1, -0.05) is 92.5 Å². The normalized spacial score (nSPS) is 14.4. The minimum Gasteiger partial charge on any atom is -0.497 e. The molecule has 0 N–H and O–H groups in total. The first-order chi connectivity index (χ1) is 51.5. The lowest BCUT2D eigenvalue weighted by molar-refractivity contribution is 0.00578. The Kier molecular flexibility index (Phi) is 24.1. The number of fused-ring (bicyclic) bond motifs is 4. The van der Waals surface area contributed by atoms with Crippen LogP contribution in [0.2, 0.25) is 0 Å². The van der Waals surface area contributed by atoms with Gasteiger partial charge in [0.2, 0.25) is 0 Å². The summed E-state index contributed by atoms with van der Waals surface area (Å²) < 4.78 is 74.1. The number of esters is 4. The Balaban J connectivity index is 0.000000145. The number of ether oxygens (including phenoxy) is 8. The SMILES string of the molecule is COC(=O)c1cc(B2OC(C)(C)C(C)(C)O2)cc2cn(Cc3ccc(OC)cc3)nc12.COC(=O)c1cc(B2OC(C)(C)C(C)(C)O2)cc2cnn(Cc3ccc(OC)cc3)c12.COC(=O)c1cc(Br)cc2cn(Cc3ccc(OC)cc3)nc12.COC(=O)c1cc(Br)cc2cnn(Cc3ccc(OC)cc3)c12. The van der Waals surface area contributed by atoms with Crippen LogP contribution in [0.25, 0.3) is 43.6 Å². The Morgan fingerprint density at radius 3 is 1.00 bits per heavy atom. The number of aromatic nitrogens is 8. The zero-order valence-electron chi connectivity index (χ0n) is 63.0. The van der Waals surface area contributed by atoms with E-state index in [9.17, 15) is 19.2 Å². The zero-order valence-corrected chi connectivity index (χ0v) is 66.2. The molecule has 24 nitrogen and oxygen atoms in total. The van der Waals surface area contributed by atoms with Crippen LogP contribution in [0.5, 0.6) is 23.0 Å². The van der Waals surface area contributed by atoms with E-state index in [1.54, 1.807) is 74.5 Å². The second-order valence-corrected chi connectivity index (χ2v) is 29.4. The van der Waals surface area contributed by atoms with Crippen molar-refractivity contribution in [2.75, 3.05) is 56.9 Å². The number of hydrogen-bond acceptors (Lipinski definition) is 20. The summed E-state index contributed by atoms with van der Waals surface area (Å²) >= 11 is 6.83. The number of nitrogens with zero attached hydrogens (tertiary/aromatic N) is 8. The van der Waals surface area contributed by atoms with E-state index in [1.165, 1.54) is 28.4 Å². The Morgan fingerprint density at radius 1 is 0.370 bits per heavy atom. The first-order valence-corrected chi connectivity index (χ1v) is 36.0. The van der Waals surface area contributed by atoms with E-state index in [0.717, 1.165) is 92.2 Å². The Hall–Kier alpha value is -10.4. The third kappa shape index (κ3) is 17.4. The van der Waals surface area contributed by atoms with E-state index in [-0.39, 0.29) is 5.97 Å². The van der Waals surface area contributed by atoms with Gasteiger partial charge in [0.25, 0.3) is 0 Å². The lowest BCUT2D eigenvalue weighted by Crippen LogP contribution is -2.41. The minimum atomic E-state index is -0.581. The third-order valence-electron chi connectivity index (χ3n) is 19.4. The zero-order chi connectivity index (χ0) is 77.6. The van der Waals surface area contributed by atoms with Gasteiger partial charge in [-0.25, -0.2) is 19.2 Å². The second-order valence-electron chi connectivity index (χ2n) is 27.6.